The van der Waals surface area contributed by atoms with Gasteiger partial charge in [-0.2, -0.15) is 0 Å². The second-order valence-corrected chi connectivity index (χ2v) is 9.08. The molecule has 0 saturated heterocycles. The Morgan fingerprint density at radius 2 is 1.53 bits per heavy atom. The second-order valence-electron chi connectivity index (χ2n) is 9.08. The number of benzene rings is 3. The molecule has 0 heterocycles. The van der Waals surface area contributed by atoms with Crippen molar-refractivity contribution in [3.8, 4) is 11.5 Å². The lowest BCUT2D eigenvalue weighted by Gasteiger charge is -2.33. The van der Waals surface area contributed by atoms with Gasteiger partial charge in [0.2, 0.25) is 0 Å². The molecule has 3 nitrogen and oxygen atoms in total. The van der Waals surface area contributed by atoms with Crippen molar-refractivity contribution in [1.82, 2.24) is 0 Å². The van der Waals surface area contributed by atoms with E-state index in [-0.39, 0.29) is 5.75 Å². The molecule has 32 heavy (non-hydrogen) atoms. The number of ether oxygens (including phenoxy) is 1. The Labute approximate surface area is 191 Å². The topological polar surface area (TPSA) is 41.8 Å². The first-order valence-electron chi connectivity index (χ1n) is 11.6. The zero-order chi connectivity index (χ0) is 22.6. The summed E-state index contributed by atoms with van der Waals surface area (Å²) in [5.41, 5.74) is 3.18. The zero-order valence-corrected chi connectivity index (χ0v) is 19.3. The Morgan fingerprint density at radius 1 is 0.938 bits per heavy atom. The van der Waals surface area contributed by atoms with Gasteiger partial charge in [0, 0.05) is 22.8 Å². The Bertz CT molecular complexity index is 1020. The third kappa shape index (κ3) is 4.29. The Hall–Kier alpha value is -3.07. The van der Waals surface area contributed by atoms with Crippen molar-refractivity contribution in [2.24, 2.45) is 10.9 Å². The van der Waals surface area contributed by atoms with E-state index in [9.17, 15) is 5.11 Å². The van der Waals surface area contributed by atoms with Crippen molar-refractivity contribution < 1.29 is 9.84 Å². The van der Waals surface area contributed by atoms with E-state index in [1.807, 2.05) is 54.7 Å². The molecule has 3 aromatic carbocycles. The van der Waals surface area contributed by atoms with Crippen molar-refractivity contribution >= 4 is 6.21 Å². The predicted octanol–water partition coefficient (Wildman–Crippen LogP) is 6.75. The molecule has 0 radical (unpaired) electrons. The normalized spacial score (nSPS) is 19.2. The lowest BCUT2D eigenvalue weighted by Crippen LogP contribution is -2.26. The molecule has 1 aliphatic rings. The monoisotopic (exact) mass is 427 g/mol. The Balaban J connectivity index is 1.86. The summed E-state index contributed by atoms with van der Waals surface area (Å²) in [6.45, 7) is 4.44. The molecule has 0 aliphatic heterocycles. The highest BCUT2D eigenvalue weighted by Crippen LogP contribution is 2.45. The number of hydrogen-bond acceptors (Lipinski definition) is 3. The van der Waals surface area contributed by atoms with Crippen LogP contribution in [0.25, 0.3) is 0 Å². The maximum atomic E-state index is 11.5. The van der Waals surface area contributed by atoms with Gasteiger partial charge >= 0.3 is 0 Å². The second kappa shape index (κ2) is 9.60. The molecule has 0 aromatic heterocycles. The molecule has 0 amide bonds. The molecule has 3 heteroatoms. The molecule has 0 bridgehead atoms. The summed E-state index contributed by atoms with van der Waals surface area (Å²) in [6, 6.07) is 24.8. The van der Waals surface area contributed by atoms with Gasteiger partial charge in [0.05, 0.1) is 13.2 Å². The van der Waals surface area contributed by atoms with Crippen LogP contribution in [-0.4, -0.2) is 24.5 Å². The summed E-state index contributed by atoms with van der Waals surface area (Å²) in [5, 5.41) is 11.5. The van der Waals surface area contributed by atoms with Gasteiger partial charge in [0.25, 0.3) is 0 Å². The van der Waals surface area contributed by atoms with Crippen molar-refractivity contribution in [2.75, 3.05) is 7.11 Å². The van der Waals surface area contributed by atoms with Crippen molar-refractivity contribution in [3.63, 3.8) is 0 Å². The molecule has 166 valence electrons. The van der Waals surface area contributed by atoms with Crippen LogP contribution >= 0.6 is 0 Å². The van der Waals surface area contributed by atoms with E-state index in [4.69, 9.17) is 9.73 Å². The first-order chi connectivity index (χ1) is 15.5. The molecular weight excluding hydrogens is 394 g/mol. The Kier molecular flexibility index (Phi) is 6.64. The van der Waals surface area contributed by atoms with Gasteiger partial charge in [-0.3, -0.25) is 4.99 Å². The van der Waals surface area contributed by atoms with E-state index in [0.29, 0.717) is 23.3 Å². The third-order valence-corrected chi connectivity index (χ3v) is 7.06. The molecule has 0 spiro atoms. The van der Waals surface area contributed by atoms with E-state index >= 15 is 0 Å². The highest BCUT2D eigenvalue weighted by atomic mass is 16.5. The summed E-state index contributed by atoms with van der Waals surface area (Å²) in [5.74, 6) is 1.55. The number of rotatable bonds is 6. The highest BCUT2D eigenvalue weighted by molar-refractivity contribution is 5.86. The summed E-state index contributed by atoms with van der Waals surface area (Å²) >= 11 is 0. The van der Waals surface area contributed by atoms with Crippen molar-refractivity contribution in [2.45, 2.75) is 51.0 Å². The predicted molar refractivity (Wildman–Crippen MR) is 132 cm³/mol. The fourth-order valence-electron chi connectivity index (χ4n) is 4.94. The van der Waals surface area contributed by atoms with Crippen LogP contribution in [0.15, 0.2) is 77.8 Å². The summed E-state index contributed by atoms with van der Waals surface area (Å²) in [6.07, 6.45) is 6.69. The minimum absolute atomic E-state index is 0.258. The lowest BCUT2D eigenvalue weighted by atomic mass is 9.70. The number of methoxy groups -OCH3 is 1. The number of phenols is 1. The molecule has 1 N–H and O–H groups in total. The summed E-state index contributed by atoms with van der Waals surface area (Å²) in [4.78, 5) is 4.90. The molecule has 2 atom stereocenters. The molecule has 1 aliphatic carbocycles. The average Bonchev–Trinajstić information content (AvgIpc) is 2.85. The number of aliphatic imine (C=N–C) groups is 1. The summed E-state index contributed by atoms with van der Waals surface area (Å²) in [7, 11) is 1.67. The van der Waals surface area contributed by atoms with Gasteiger partial charge in [-0.05, 0) is 48.9 Å². The smallest absolute Gasteiger partial charge is 0.129 e. The van der Waals surface area contributed by atoms with Crippen LogP contribution in [0.1, 0.15) is 61.8 Å². The van der Waals surface area contributed by atoms with Gasteiger partial charge in [0.15, 0.2) is 0 Å². The van der Waals surface area contributed by atoms with Crippen LogP contribution in [0.2, 0.25) is 0 Å². The molecule has 1 saturated carbocycles. The van der Waals surface area contributed by atoms with Gasteiger partial charge in [-0.25, -0.2) is 0 Å². The van der Waals surface area contributed by atoms with Crippen LogP contribution in [0, 0.1) is 5.92 Å². The molecule has 2 unspecified atom stereocenters. The summed E-state index contributed by atoms with van der Waals surface area (Å²) < 4.78 is 5.66. The van der Waals surface area contributed by atoms with E-state index in [1.54, 1.807) is 7.11 Å². The fourth-order valence-corrected chi connectivity index (χ4v) is 4.94. The largest absolute Gasteiger partial charge is 0.507 e. The molecule has 3 aromatic rings. The van der Waals surface area contributed by atoms with Crippen LogP contribution in [0.5, 0.6) is 11.5 Å². The minimum Gasteiger partial charge on any atom is -0.507 e. The number of phenolic OH excluding ortho intramolecular Hbond substituents is 1. The maximum Gasteiger partial charge on any atom is 0.129 e. The van der Waals surface area contributed by atoms with E-state index in [2.05, 4.69) is 38.1 Å². The van der Waals surface area contributed by atoms with Crippen molar-refractivity contribution in [3.05, 3.63) is 95.1 Å². The number of hydrogen-bond donors (Lipinski definition) is 1. The minimum atomic E-state index is -0.554. The van der Waals surface area contributed by atoms with Crippen LogP contribution in [0.4, 0.5) is 0 Å². The fraction of sp³-hybridized carbons (Fsp3) is 0.345. The van der Waals surface area contributed by atoms with Crippen molar-refractivity contribution in [1.29, 1.82) is 0 Å². The first-order valence-corrected chi connectivity index (χ1v) is 11.6. The van der Waals surface area contributed by atoms with Crippen LogP contribution < -0.4 is 4.74 Å². The SMILES string of the molecule is COc1cc(C=NC2CCCCC2C)c(O)c(C(C)(c2ccccc2)c2ccccc2)c1. The van der Waals surface area contributed by atoms with Gasteiger partial charge in [0.1, 0.15) is 11.5 Å². The molecular formula is C29H33NO2. The van der Waals surface area contributed by atoms with Crippen LogP contribution in [-0.2, 0) is 5.41 Å². The molecule has 1 fully saturated rings. The maximum absolute atomic E-state index is 11.5. The quantitative estimate of drug-likeness (QED) is 0.349. The lowest BCUT2D eigenvalue weighted by molar-refractivity contribution is 0.333. The van der Waals surface area contributed by atoms with E-state index < -0.39 is 5.41 Å². The average molecular weight is 428 g/mol. The van der Waals surface area contributed by atoms with Gasteiger partial charge in [-0.15, -0.1) is 0 Å². The third-order valence-electron chi connectivity index (χ3n) is 7.06. The van der Waals surface area contributed by atoms with Gasteiger partial charge < -0.3 is 9.84 Å². The highest BCUT2D eigenvalue weighted by Gasteiger charge is 2.35. The molecule has 4 rings (SSSR count). The number of nitrogens with zero attached hydrogens (tertiary/aromatic N) is 1. The number of aromatic hydroxyl groups is 1. The first kappa shape index (κ1) is 22.1. The van der Waals surface area contributed by atoms with Gasteiger partial charge in [-0.1, -0.05) is 80.4 Å². The zero-order valence-electron chi connectivity index (χ0n) is 19.3. The standard InChI is InChI=1S/C29H33NO2/c1-21-12-10-11-17-27(21)30-20-22-18-25(32-3)19-26(28(22)31)29(2,23-13-6-4-7-14-23)24-15-8-5-9-16-24/h4-9,13-16,18-21,27,31H,10-12,17H2,1-3H3. The van der Waals surface area contributed by atoms with E-state index in [0.717, 1.165) is 23.1 Å². The Morgan fingerprint density at radius 3 is 2.09 bits per heavy atom. The van der Waals surface area contributed by atoms with Crippen LogP contribution in [0.3, 0.4) is 0 Å². The van der Waals surface area contributed by atoms with E-state index in [1.165, 1.54) is 19.3 Å².